The molecule has 0 saturated carbocycles. The first-order chi connectivity index (χ1) is 8.29. The van der Waals surface area contributed by atoms with Crippen molar-refractivity contribution in [1.29, 1.82) is 0 Å². The van der Waals surface area contributed by atoms with Crippen LogP contribution in [0.3, 0.4) is 0 Å². The van der Waals surface area contributed by atoms with Gasteiger partial charge in [-0.1, -0.05) is 13.3 Å². The van der Waals surface area contributed by atoms with Gasteiger partial charge in [0.15, 0.2) is 0 Å². The molecule has 2 heterocycles. The summed E-state index contributed by atoms with van der Waals surface area (Å²) in [5, 5.41) is 4.68. The Morgan fingerprint density at radius 2 is 2.35 bits per heavy atom. The fraction of sp³-hybridized carbons (Fsp3) is 0.833. The van der Waals surface area contributed by atoms with Gasteiger partial charge in [0.05, 0.1) is 0 Å². The molecule has 2 rings (SSSR count). The second-order valence-electron chi connectivity index (χ2n) is 4.72. The zero-order chi connectivity index (χ0) is 12.1. The van der Waals surface area contributed by atoms with E-state index < -0.39 is 0 Å². The van der Waals surface area contributed by atoms with Gasteiger partial charge in [0, 0.05) is 30.7 Å². The van der Waals surface area contributed by atoms with Crippen molar-refractivity contribution in [2.24, 2.45) is 0 Å². The molecule has 1 saturated heterocycles. The predicted molar refractivity (Wildman–Crippen MR) is 72.8 cm³/mol. The van der Waals surface area contributed by atoms with Crippen molar-refractivity contribution in [3.05, 3.63) is 5.82 Å². The number of aromatic nitrogens is 2. The van der Waals surface area contributed by atoms with Gasteiger partial charge in [-0.05, 0) is 32.7 Å². The maximum absolute atomic E-state index is 4.50. The molecule has 17 heavy (non-hydrogen) atoms. The summed E-state index contributed by atoms with van der Waals surface area (Å²) in [5.74, 6) is 0.891. The molecule has 1 aromatic heterocycles. The molecule has 5 heteroatoms. The van der Waals surface area contributed by atoms with Crippen molar-refractivity contribution in [2.75, 3.05) is 24.5 Å². The van der Waals surface area contributed by atoms with Gasteiger partial charge in [0.1, 0.15) is 5.82 Å². The van der Waals surface area contributed by atoms with Crippen LogP contribution in [-0.4, -0.2) is 35.0 Å². The molecule has 1 N–H and O–H groups in total. The number of aryl methyl sites for hydroxylation is 1. The molecule has 1 fully saturated rings. The van der Waals surface area contributed by atoms with E-state index in [1.54, 1.807) is 0 Å². The molecule has 0 aromatic carbocycles. The van der Waals surface area contributed by atoms with Crippen LogP contribution in [0.1, 0.15) is 38.4 Å². The van der Waals surface area contributed by atoms with E-state index in [0.29, 0.717) is 6.04 Å². The predicted octanol–water partition coefficient (Wildman–Crippen LogP) is 2.21. The Morgan fingerprint density at radius 3 is 2.94 bits per heavy atom. The van der Waals surface area contributed by atoms with Gasteiger partial charge in [-0.25, -0.2) is 4.98 Å². The largest absolute Gasteiger partial charge is 0.345 e. The van der Waals surface area contributed by atoms with E-state index in [9.17, 15) is 0 Å². The smallest absolute Gasteiger partial charge is 0.205 e. The lowest BCUT2D eigenvalue weighted by Gasteiger charge is -2.30. The lowest BCUT2D eigenvalue weighted by atomic mass is 10.0. The quantitative estimate of drug-likeness (QED) is 0.874. The number of hydrogen-bond donors (Lipinski definition) is 1. The lowest BCUT2D eigenvalue weighted by molar-refractivity contribution is 0.399. The van der Waals surface area contributed by atoms with E-state index in [1.165, 1.54) is 37.3 Å². The van der Waals surface area contributed by atoms with Gasteiger partial charge < -0.3 is 10.2 Å². The van der Waals surface area contributed by atoms with E-state index >= 15 is 0 Å². The molecule has 1 atom stereocenters. The molecule has 0 amide bonds. The Hall–Kier alpha value is -0.680. The van der Waals surface area contributed by atoms with Crippen molar-refractivity contribution in [2.45, 2.75) is 45.6 Å². The van der Waals surface area contributed by atoms with E-state index in [-0.39, 0.29) is 0 Å². The summed E-state index contributed by atoms with van der Waals surface area (Å²) in [6, 6.07) is 0.625. The number of nitrogens with one attached hydrogen (secondary N) is 1. The van der Waals surface area contributed by atoms with E-state index in [1.807, 2.05) is 6.92 Å². The summed E-state index contributed by atoms with van der Waals surface area (Å²) in [6.45, 7) is 7.49. The third-order valence-electron chi connectivity index (χ3n) is 3.13. The minimum absolute atomic E-state index is 0.625. The third-order valence-corrected chi connectivity index (χ3v) is 4.00. The summed E-state index contributed by atoms with van der Waals surface area (Å²) in [6.07, 6.45) is 5.12. The topological polar surface area (TPSA) is 41.0 Å². The van der Waals surface area contributed by atoms with Crippen molar-refractivity contribution in [1.82, 2.24) is 14.7 Å². The van der Waals surface area contributed by atoms with Gasteiger partial charge in [0.2, 0.25) is 5.13 Å². The molecule has 4 nitrogen and oxygen atoms in total. The number of nitrogens with zero attached hydrogens (tertiary/aromatic N) is 3. The highest BCUT2D eigenvalue weighted by atomic mass is 32.1. The van der Waals surface area contributed by atoms with Crippen LogP contribution >= 0.6 is 11.5 Å². The fourth-order valence-electron chi connectivity index (χ4n) is 2.30. The number of piperidine rings is 1. The maximum atomic E-state index is 4.50. The number of rotatable bonds is 5. The molecule has 1 aliphatic rings. The van der Waals surface area contributed by atoms with Crippen LogP contribution in [-0.2, 0) is 0 Å². The van der Waals surface area contributed by atoms with Crippen LogP contribution < -0.4 is 10.2 Å². The van der Waals surface area contributed by atoms with Crippen LogP contribution in [0.4, 0.5) is 5.13 Å². The standard InChI is InChI=1S/C12H22N4S/c1-3-8-16(12-14-10(2)15-17-12)9-11-6-4-5-7-13-11/h11,13H,3-9H2,1-2H3. The average Bonchev–Trinajstić information content (AvgIpc) is 2.77. The third kappa shape index (κ3) is 3.64. The Morgan fingerprint density at radius 1 is 1.47 bits per heavy atom. The molecule has 0 spiro atoms. The Bertz CT molecular complexity index is 333. The molecule has 1 aromatic rings. The molecule has 0 aliphatic carbocycles. The monoisotopic (exact) mass is 254 g/mol. The fourth-order valence-corrected chi connectivity index (χ4v) is 3.00. The maximum Gasteiger partial charge on any atom is 0.205 e. The molecule has 96 valence electrons. The molecule has 0 radical (unpaired) electrons. The van der Waals surface area contributed by atoms with Crippen molar-refractivity contribution >= 4 is 16.7 Å². The van der Waals surface area contributed by atoms with E-state index in [2.05, 4.69) is 26.5 Å². The van der Waals surface area contributed by atoms with Gasteiger partial charge in [-0.2, -0.15) is 4.37 Å². The zero-order valence-corrected chi connectivity index (χ0v) is 11.6. The second-order valence-corrected chi connectivity index (χ2v) is 5.45. The number of anilines is 1. The highest BCUT2D eigenvalue weighted by Gasteiger charge is 2.18. The normalized spacial score (nSPS) is 20.5. The Kier molecular flexibility index (Phi) is 4.74. The minimum Gasteiger partial charge on any atom is -0.345 e. The van der Waals surface area contributed by atoms with Gasteiger partial charge in [-0.3, -0.25) is 0 Å². The number of hydrogen-bond acceptors (Lipinski definition) is 5. The highest BCUT2D eigenvalue weighted by molar-refractivity contribution is 7.09. The van der Waals surface area contributed by atoms with Crippen LogP contribution in [0, 0.1) is 6.92 Å². The summed E-state index contributed by atoms with van der Waals surface area (Å²) in [5.41, 5.74) is 0. The second kappa shape index (κ2) is 6.31. The molecular formula is C12H22N4S. The molecule has 1 aliphatic heterocycles. The first kappa shape index (κ1) is 12.8. The zero-order valence-electron chi connectivity index (χ0n) is 10.8. The average molecular weight is 254 g/mol. The van der Waals surface area contributed by atoms with Gasteiger partial charge in [-0.15, -0.1) is 0 Å². The Balaban J connectivity index is 1.96. The lowest BCUT2D eigenvalue weighted by Crippen LogP contribution is -2.44. The van der Waals surface area contributed by atoms with Crippen LogP contribution in [0.15, 0.2) is 0 Å². The first-order valence-electron chi connectivity index (χ1n) is 6.58. The van der Waals surface area contributed by atoms with Crippen LogP contribution in [0.5, 0.6) is 0 Å². The summed E-state index contributed by atoms with van der Waals surface area (Å²) in [4.78, 5) is 6.88. The molecular weight excluding hydrogens is 232 g/mol. The summed E-state index contributed by atoms with van der Waals surface area (Å²) < 4.78 is 4.28. The van der Waals surface area contributed by atoms with Crippen molar-refractivity contribution < 1.29 is 0 Å². The summed E-state index contributed by atoms with van der Waals surface area (Å²) >= 11 is 1.52. The van der Waals surface area contributed by atoms with E-state index in [4.69, 9.17) is 0 Å². The minimum atomic E-state index is 0.625. The van der Waals surface area contributed by atoms with Gasteiger partial charge >= 0.3 is 0 Å². The molecule has 1 unspecified atom stereocenters. The van der Waals surface area contributed by atoms with E-state index in [0.717, 1.165) is 30.5 Å². The van der Waals surface area contributed by atoms with Crippen molar-refractivity contribution in [3.8, 4) is 0 Å². The van der Waals surface area contributed by atoms with Crippen molar-refractivity contribution in [3.63, 3.8) is 0 Å². The highest BCUT2D eigenvalue weighted by Crippen LogP contribution is 2.19. The van der Waals surface area contributed by atoms with Crippen LogP contribution in [0.25, 0.3) is 0 Å². The Labute approximate surface area is 108 Å². The first-order valence-corrected chi connectivity index (χ1v) is 7.35. The summed E-state index contributed by atoms with van der Waals surface area (Å²) in [7, 11) is 0. The molecule has 0 bridgehead atoms. The van der Waals surface area contributed by atoms with Gasteiger partial charge in [0.25, 0.3) is 0 Å². The SMILES string of the molecule is CCCN(CC1CCCCN1)c1nc(C)ns1. The van der Waals surface area contributed by atoms with Crippen LogP contribution in [0.2, 0.25) is 0 Å².